The standard InChI is InChI=1S/C15H17N5O2S/c1-9-11(8-16)15(23-20-9)17-12(21)6-7-13-18-14(19-22-13)10-4-2-3-5-10/h10H,2-7H2,1H3,(H,17,21). The number of aromatic nitrogens is 3. The summed E-state index contributed by atoms with van der Waals surface area (Å²) in [7, 11) is 0. The lowest BCUT2D eigenvalue weighted by Crippen LogP contribution is -2.12. The van der Waals surface area contributed by atoms with Crippen LogP contribution < -0.4 is 5.32 Å². The first-order valence-corrected chi connectivity index (χ1v) is 8.43. The SMILES string of the molecule is Cc1nsc(NC(=O)CCc2nc(C3CCCC3)no2)c1C#N. The van der Waals surface area contributed by atoms with E-state index in [0.717, 1.165) is 30.2 Å². The Balaban J connectivity index is 1.54. The molecule has 1 N–H and O–H groups in total. The van der Waals surface area contributed by atoms with E-state index in [1.54, 1.807) is 6.92 Å². The second-order valence-corrected chi connectivity index (χ2v) is 6.43. The van der Waals surface area contributed by atoms with Crippen LogP contribution in [0.5, 0.6) is 0 Å². The summed E-state index contributed by atoms with van der Waals surface area (Å²) in [5.74, 6) is 1.47. The number of nitrogens with one attached hydrogen (secondary N) is 1. The Morgan fingerprint density at radius 1 is 1.48 bits per heavy atom. The Morgan fingerprint density at radius 2 is 2.26 bits per heavy atom. The van der Waals surface area contributed by atoms with Crippen LogP contribution in [0.25, 0.3) is 0 Å². The van der Waals surface area contributed by atoms with Gasteiger partial charge in [0.2, 0.25) is 11.8 Å². The van der Waals surface area contributed by atoms with Gasteiger partial charge in [-0.1, -0.05) is 18.0 Å². The molecule has 7 nitrogen and oxygen atoms in total. The maximum Gasteiger partial charge on any atom is 0.227 e. The van der Waals surface area contributed by atoms with Crippen LogP contribution in [0.4, 0.5) is 5.00 Å². The topological polar surface area (TPSA) is 105 Å². The smallest absolute Gasteiger partial charge is 0.227 e. The molecule has 2 aromatic rings. The Morgan fingerprint density at radius 3 is 3.00 bits per heavy atom. The molecule has 120 valence electrons. The number of nitrogens with zero attached hydrogens (tertiary/aromatic N) is 4. The maximum absolute atomic E-state index is 12.0. The average molecular weight is 331 g/mol. The van der Waals surface area contributed by atoms with Crippen molar-refractivity contribution in [1.29, 1.82) is 5.26 Å². The van der Waals surface area contributed by atoms with Gasteiger partial charge in [0.1, 0.15) is 16.6 Å². The van der Waals surface area contributed by atoms with E-state index in [0.29, 0.717) is 34.5 Å². The molecule has 0 aliphatic heterocycles. The molecule has 0 radical (unpaired) electrons. The number of anilines is 1. The van der Waals surface area contributed by atoms with Gasteiger partial charge in [0.25, 0.3) is 0 Å². The van der Waals surface area contributed by atoms with Crippen molar-refractivity contribution in [3.8, 4) is 6.07 Å². The molecule has 1 saturated carbocycles. The molecular formula is C15H17N5O2S. The number of carbonyl (C=O) groups is 1. The van der Waals surface area contributed by atoms with Crippen LogP contribution in [0, 0.1) is 18.3 Å². The van der Waals surface area contributed by atoms with Crippen LogP contribution in [0.15, 0.2) is 4.52 Å². The van der Waals surface area contributed by atoms with Gasteiger partial charge in [-0.15, -0.1) is 0 Å². The largest absolute Gasteiger partial charge is 0.339 e. The van der Waals surface area contributed by atoms with E-state index in [-0.39, 0.29) is 12.3 Å². The van der Waals surface area contributed by atoms with E-state index in [4.69, 9.17) is 9.78 Å². The van der Waals surface area contributed by atoms with Crippen LogP contribution >= 0.6 is 11.5 Å². The van der Waals surface area contributed by atoms with Gasteiger partial charge in [-0.2, -0.15) is 14.6 Å². The highest BCUT2D eigenvalue weighted by molar-refractivity contribution is 7.10. The van der Waals surface area contributed by atoms with Crippen molar-refractivity contribution >= 4 is 22.4 Å². The van der Waals surface area contributed by atoms with Crippen LogP contribution in [-0.2, 0) is 11.2 Å². The Hall–Kier alpha value is -2.27. The van der Waals surface area contributed by atoms with E-state index in [9.17, 15) is 4.79 Å². The number of hydrogen-bond acceptors (Lipinski definition) is 7. The molecule has 1 aliphatic rings. The zero-order valence-electron chi connectivity index (χ0n) is 12.8. The van der Waals surface area contributed by atoms with Crippen molar-refractivity contribution in [3.63, 3.8) is 0 Å². The summed E-state index contributed by atoms with van der Waals surface area (Å²) in [6.45, 7) is 1.74. The first-order chi connectivity index (χ1) is 11.2. The van der Waals surface area contributed by atoms with Crippen molar-refractivity contribution in [2.45, 2.75) is 51.4 Å². The van der Waals surface area contributed by atoms with Gasteiger partial charge >= 0.3 is 0 Å². The summed E-state index contributed by atoms with van der Waals surface area (Å²) < 4.78 is 9.29. The Bertz CT molecular complexity index is 739. The Labute approximate surface area is 137 Å². The minimum atomic E-state index is -0.189. The van der Waals surface area contributed by atoms with Crippen LogP contribution in [0.3, 0.4) is 0 Å². The molecule has 1 amide bonds. The third-order valence-electron chi connectivity index (χ3n) is 4.00. The van der Waals surface area contributed by atoms with Gasteiger partial charge in [0.05, 0.1) is 5.69 Å². The van der Waals surface area contributed by atoms with Gasteiger partial charge in [0.15, 0.2) is 5.82 Å². The van der Waals surface area contributed by atoms with Crippen LogP contribution in [-0.4, -0.2) is 20.4 Å². The van der Waals surface area contributed by atoms with Gasteiger partial charge in [-0.05, 0) is 31.3 Å². The highest BCUT2D eigenvalue weighted by Crippen LogP contribution is 2.32. The summed E-state index contributed by atoms with van der Waals surface area (Å²) in [5, 5.41) is 16.3. The number of rotatable bonds is 5. The van der Waals surface area contributed by atoms with E-state index < -0.39 is 0 Å². The molecule has 1 aliphatic carbocycles. The lowest BCUT2D eigenvalue weighted by Gasteiger charge is -2.01. The Kier molecular flexibility index (Phi) is 4.67. The second kappa shape index (κ2) is 6.87. The van der Waals surface area contributed by atoms with Crippen molar-refractivity contribution in [1.82, 2.24) is 14.5 Å². The fraction of sp³-hybridized carbons (Fsp3) is 0.533. The number of hydrogen-bond donors (Lipinski definition) is 1. The molecule has 2 heterocycles. The predicted molar refractivity (Wildman–Crippen MR) is 84.0 cm³/mol. The normalized spacial score (nSPS) is 14.8. The predicted octanol–water partition coefficient (Wildman–Crippen LogP) is 2.94. The summed E-state index contributed by atoms with van der Waals surface area (Å²) in [4.78, 5) is 16.4. The highest BCUT2D eigenvalue weighted by atomic mass is 32.1. The molecule has 2 aromatic heterocycles. The molecule has 0 saturated heterocycles. The molecular weight excluding hydrogens is 314 g/mol. The lowest BCUT2D eigenvalue weighted by atomic mass is 10.1. The molecule has 0 aromatic carbocycles. The molecule has 23 heavy (non-hydrogen) atoms. The monoisotopic (exact) mass is 331 g/mol. The van der Waals surface area contributed by atoms with E-state index >= 15 is 0 Å². The summed E-state index contributed by atoms with van der Waals surface area (Å²) >= 11 is 1.12. The molecule has 0 atom stereocenters. The average Bonchev–Trinajstić information content (AvgIpc) is 3.26. The maximum atomic E-state index is 12.0. The second-order valence-electron chi connectivity index (χ2n) is 5.66. The van der Waals surface area contributed by atoms with E-state index in [1.807, 2.05) is 6.07 Å². The highest BCUT2D eigenvalue weighted by Gasteiger charge is 2.22. The van der Waals surface area contributed by atoms with E-state index in [1.165, 1.54) is 12.8 Å². The van der Waals surface area contributed by atoms with Crippen molar-refractivity contribution in [2.24, 2.45) is 0 Å². The number of carbonyl (C=O) groups excluding carboxylic acids is 1. The summed E-state index contributed by atoms with van der Waals surface area (Å²) in [6.07, 6.45) is 5.28. The van der Waals surface area contributed by atoms with Crippen molar-refractivity contribution < 1.29 is 9.32 Å². The van der Waals surface area contributed by atoms with Gasteiger partial charge in [0, 0.05) is 18.8 Å². The fourth-order valence-corrected chi connectivity index (χ4v) is 3.48. The first kappa shape index (κ1) is 15.6. The lowest BCUT2D eigenvalue weighted by molar-refractivity contribution is -0.116. The molecule has 3 rings (SSSR count). The minimum absolute atomic E-state index is 0.189. The van der Waals surface area contributed by atoms with Crippen LogP contribution in [0.1, 0.15) is 61.0 Å². The number of amides is 1. The number of nitriles is 1. The zero-order chi connectivity index (χ0) is 16.2. The van der Waals surface area contributed by atoms with Gasteiger partial charge < -0.3 is 9.84 Å². The fourth-order valence-electron chi connectivity index (χ4n) is 2.72. The van der Waals surface area contributed by atoms with Gasteiger partial charge in [-0.25, -0.2) is 0 Å². The van der Waals surface area contributed by atoms with Crippen molar-refractivity contribution in [2.75, 3.05) is 5.32 Å². The van der Waals surface area contributed by atoms with Crippen LogP contribution in [0.2, 0.25) is 0 Å². The van der Waals surface area contributed by atoms with Crippen molar-refractivity contribution in [3.05, 3.63) is 23.0 Å². The molecule has 0 unspecified atom stereocenters. The molecule has 8 heteroatoms. The zero-order valence-corrected chi connectivity index (χ0v) is 13.7. The summed E-state index contributed by atoms with van der Waals surface area (Å²) in [5.41, 5.74) is 1.05. The molecule has 0 spiro atoms. The number of aryl methyl sites for hydroxylation is 2. The third kappa shape index (κ3) is 3.56. The summed E-state index contributed by atoms with van der Waals surface area (Å²) in [6, 6.07) is 2.05. The quantitative estimate of drug-likeness (QED) is 0.903. The minimum Gasteiger partial charge on any atom is -0.339 e. The molecule has 1 fully saturated rings. The molecule has 0 bridgehead atoms. The third-order valence-corrected chi connectivity index (χ3v) is 4.85. The first-order valence-electron chi connectivity index (χ1n) is 7.66. The van der Waals surface area contributed by atoms with E-state index in [2.05, 4.69) is 19.8 Å². The van der Waals surface area contributed by atoms with Gasteiger partial charge in [-0.3, -0.25) is 4.79 Å².